The van der Waals surface area contributed by atoms with Gasteiger partial charge < -0.3 is 4.74 Å². The average molecular weight is 249 g/mol. The molecule has 5 nitrogen and oxygen atoms in total. The van der Waals surface area contributed by atoms with Crippen LogP contribution < -0.4 is 0 Å². The van der Waals surface area contributed by atoms with Crippen LogP contribution in [0.15, 0.2) is 24.3 Å². The minimum absolute atomic E-state index is 0.0387. The lowest BCUT2D eigenvalue weighted by Crippen LogP contribution is -2.33. The van der Waals surface area contributed by atoms with Gasteiger partial charge in [-0.2, -0.15) is 0 Å². The molecule has 0 heterocycles. The van der Waals surface area contributed by atoms with Gasteiger partial charge in [-0.25, -0.2) is 0 Å². The van der Waals surface area contributed by atoms with Crippen molar-refractivity contribution < 1.29 is 14.5 Å². The van der Waals surface area contributed by atoms with E-state index >= 15 is 0 Å². The van der Waals surface area contributed by atoms with Gasteiger partial charge in [0.25, 0.3) is 5.69 Å². The zero-order valence-electron chi connectivity index (χ0n) is 10.2. The van der Waals surface area contributed by atoms with Crippen molar-refractivity contribution in [3.63, 3.8) is 0 Å². The summed E-state index contributed by atoms with van der Waals surface area (Å²) in [5, 5.41) is 10.6. The third-order valence-corrected chi connectivity index (χ3v) is 3.66. The van der Waals surface area contributed by atoms with E-state index in [9.17, 15) is 14.9 Å². The molecule has 1 aromatic carbocycles. The largest absolute Gasteiger partial charge is 0.468 e. The van der Waals surface area contributed by atoms with Crippen LogP contribution in [0, 0.1) is 10.1 Å². The van der Waals surface area contributed by atoms with Crippen molar-refractivity contribution in [3.8, 4) is 0 Å². The summed E-state index contributed by atoms with van der Waals surface area (Å²) in [6.07, 6.45) is 3.45. The molecule has 1 fully saturated rings. The molecule has 2 rings (SSSR count). The van der Waals surface area contributed by atoms with Crippen molar-refractivity contribution in [2.24, 2.45) is 0 Å². The number of hydrogen-bond acceptors (Lipinski definition) is 4. The molecule has 0 amide bonds. The van der Waals surface area contributed by atoms with E-state index in [4.69, 9.17) is 4.74 Å². The number of benzene rings is 1. The molecule has 0 N–H and O–H groups in total. The lowest BCUT2D eigenvalue weighted by Gasteiger charge is -2.26. The van der Waals surface area contributed by atoms with E-state index in [-0.39, 0.29) is 11.7 Å². The lowest BCUT2D eigenvalue weighted by atomic mass is 9.79. The van der Waals surface area contributed by atoms with E-state index in [0.717, 1.165) is 31.2 Å². The Balaban J connectivity index is 2.37. The van der Waals surface area contributed by atoms with Crippen LogP contribution in [-0.2, 0) is 14.9 Å². The molecule has 1 aliphatic rings. The first-order chi connectivity index (χ1) is 8.60. The van der Waals surface area contributed by atoms with E-state index in [1.807, 2.05) is 0 Å². The Labute approximate surface area is 105 Å². The van der Waals surface area contributed by atoms with Crippen molar-refractivity contribution in [2.75, 3.05) is 7.11 Å². The van der Waals surface area contributed by atoms with E-state index in [0.29, 0.717) is 0 Å². The van der Waals surface area contributed by atoms with Crippen LogP contribution in [0.25, 0.3) is 0 Å². The Kier molecular flexibility index (Phi) is 3.32. The van der Waals surface area contributed by atoms with Crippen molar-refractivity contribution in [3.05, 3.63) is 39.9 Å². The topological polar surface area (TPSA) is 69.4 Å². The summed E-state index contributed by atoms with van der Waals surface area (Å²) in [6, 6.07) is 6.22. The third-order valence-electron chi connectivity index (χ3n) is 3.66. The summed E-state index contributed by atoms with van der Waals surface area (Å²) in [4.78, 5) is 22.2. The summed E-state index contributed by atoms with van der Waals surface area (Å²) in [6.45, 7) is 0. The zero-order valence-corrected chi connectivity index (χ0v) is 10.2. The van der Waals surface area contributed by atoms with Gasteiger partial charge in [-0.3, -0.25) is 14.9 Å². The van der Waals surface area contributed by atoms with Crippen molar-refractivity contribution >= 4 is 11.7 Å². The number of carbonyl (C=O) groups is 1. The van der Waals surface area contributed by atoms with E-state index < -0.39 is 10.3 Å². The van der Waals surface area contributed by atoms with Gasteiger partial charge in [-0.1, -0.05) is 25.0 Å². The van der Waals surface area contributed by atoms with Crippen LogP contribution in [0.3, 0.4) is 0 Å². The fourth-order valence-electron chi connectivity index (χ4n) is 2.69. The van der Waals surface area contributed by atoms with E-state index in [1.54, 1.807) is 12.1 Å². The quantitative estimate of drug-likeness (QED) is 0.469. The number of nitro groups is 1. The van der Waals surface area contributed by atoms with Gasteiger partial charge in [0.2, 0.25) is 0 Å². The third kappa shape index (κ3) is 1.96. The number of nitrogens with zero attached hydrogens (tertiary/aromatic N) is 1. The van der Waals surface area contributed by atoms with Crippen LogP contribution in [0.4, 0.5) is 5.69 Å². The molecule has 0 aromatic heterocycles. The van der Waals surface area contributed by atoms with Crippen LogP contribution in [0.2, 0.25) is 0 Å². The second-order valence-corrected chi connectivity index (χ2v) is 4.58. The maximum absolute atomic E-state index is 12.0. The summed E-state index contributed by atoms with van der Waals surface area (Å²) in [5.74, 6) is -0.242. The predicted molar refractivity (Wildman–Crippen MR) is 65.3 cm³/mol. The minimum atomic E-state index is -0.607. The summed E-state index contributed by atoms with van der Waals surface area (Å²) in [7, 11) is 1.38. The number of rotatable bonds is 3. The highest BCUT2D eigenvalue weighted by atomic mass is 16.6. The zero-order chi connectivity index (χ0) is 13.2. The fourth-order valence-corrected chi connectivity index (χ4v) is 2.69. The molecular weight excluding hydrogens is 234 g/mol. The Morgan fingerprint density at radius 2 is 1.83 bits per heavy atom. The van der Waals surface area contributed by atoms with Crippen LogP contribution in [0.5, 0.6) is 0 Å². The SMILES string of the molecule is COC(=O)C1(c2ccc([N+](=O)[O-])cc2)CCCC1. The number of methoxy groups -OCH3 is 1. The van der Waals surface area contributed by atoms with Gasteiger partial charge in [0.1, 0.15) is 0 Å². The predicted octanol–water partition coefficient (Wildman–Crippen LogP) is 2.58. The number of esters is 1. The van der Waals surface area contributed by atoms with E-state index in [1.165, 1.54) is 19.2 Å². The molecule has 5 heteroatoms. The van der Waals surface area contributed by atoms with Gasteiger partial charge in [0, 0.05) is 12.1 Å². The number of ether oxygens (including phenoxy) is 1. The molecule has 1 aromatic rings. The van der Waals surface area contributed by atoms with Gasteiger partial charge in [0.15, 0.2) is 0 Å². The molecule has 0 spiro atoms. The number of hydrogen-bond donors (Lipinski definition) is 0. The first-order valence-corrected chi connectivity index (χ1v) is 5.93. The highest BCUT2D eigenvalue weighted by Crippen LogP contribution is 2.42. The van der Waals surface area contributed by atoms with Crippen molar-refractivity contribution in [1.82, 2.24) is 0 Å². The number of nitro benzene ring substituents is 1. The van der Waals surface area contributed by atoms with Crippen molar-refractivity contribution in [2.45, 2.75) is 31.1 Å². The molecule has 0 aliphatic heterocycles. The Morgan fingerprint density at radius 3 is 2.28 bits per heavy atom. The summed E-state index contributed by atoms with van der Waals surface area (Å²) in [5.41, 5.74) is 0.248. The Morgan fingerprint density at radius 1 is 1.28 bits per heavy atom. The Bertz CT molecular complexity index is 460. The molecule has 96 valence electrons. The summed E-state index contributed by atoms with van der Waals surface area (Å²) < 4.78 is 4.90. The molecular formula is C13H15NO4. The molecule has 1 aliphatic carbocycles. The van der Waals surface area contributed by atoms with Crippen LogP contribution in [-0.4, -0.2) is 18.0 Å². The molecule has 0 atom stereocenters. The smallest absolute Gasteiger partial charge is 0.316 e. The number of carbonyl (C=O) groups excluding carboxylic acids is 1. The molecule has 18 heavy (non-hydrogen) atoms. The Hall–Kier alpha value is -1.91. The molecule has 0 saturated heterocycles. The van der Waals surface area contributed by atoms with E-state index in [2.05, 4.69) is 0 Å². The first kappa shape index (κ1) is 12.5. The summed E-state index contributed by atoms with van der Waals surface area (Å²) >= 11 is 0. The normalized spacial score (nSPS) is 17.4. The fraction of sp³-hybridized carbons (Fsp3) is 0.462. The molecule has 0 bridgehead atoms. The first-order valence-electron chi connectivity index (χ1n) is 5.93. The maximum Gasteiger partial charge on any atom is 0.316 e. The van der Waals surface area contributed by atoms with Gasteiger partial charge in [0.05, 0.1) is 17.4 Å². The van der Waals surface area contributed by atoms with Crippen LogP contribution >= 0.6 is 0 Å². The highest BCUT2D eigenvalue weighted by molar-refractivity contribution is 5.83. The average Bonchev–Trinajstić information content (AvgIpc) is 2.88. The van der Waals surface area contributed by atoms with Gasteiger partial charge in [-0.05, 0) is 18.4 Å². The molecule has 0 unspecified atom stereocenters. The maximum atomic E-state index is 12.0. The monoisotopic (exact) mass is 249 g/mol. The highest BCUT2D eigenvalue weighted by Gasteiger charge is 2.43. The standard InChI is InChI=1S/C13H15NO4/c1-18-12(15)13(8-2-3-9-13)10-4-6-11(7-5-10)14(16)17/h4-7H,2-3,8-9H2,1H3. The second-order valence-electron chi connectivity index (χ2n) is 4.58. The second kappa shape index (κ2) is 4.76. The molecule has 0 radical (unpaired) electrons. The van der Waals surface area contributed by atoms with Gasteiger partial charge in [-0.15, -0.1) is 0 Å². The lowest BCUT2D eigenvalue weighted by molar-refractivity contribution is -0.384. The van der Waals surface area contributed by atoms with Crippen LogP contribution in [0.1, 0.15) is 31.2 Å². The van der Waals surface area contributed by atoms with Crippen molar-refractivity contribution in [1.29, 1.82) is 0 Å². The number of non-ortho nitro benzene ring substituents is 1. The van der Waals surface area contributed by atoms with Gasteiger partial charge >= 0.3 is 5.97 Å². The minimum Gasteiger partial charge on any atom is -0.468 e. The molecule has 1 saturated carbocycles.